The van der Waals surface area contributed by atoms with Gasteiger partial charge < -0.3 is 0 Å². The Morgan fingerprint density at radius 3 is 2.17 bits per heavy atom. The van der Waals surface area contributed by atoms with E-state index < -0.39 is 0 Å². The molecule has 5 aromatic carbocycles. The lowest BCUT2D eigenvalue weighted by molar-refractivity contribution is 1.07. The van der Waals surface area contributed by atoms with Crippen LogP contribution in [0, 0.1) is 0 Å². The monoisotopic (exact) mass is 511 g/mol. The van der Waals surface area contributed by atoms with Crippen LogP contribution in [0.4, 0.5) is 0 Å². The summed E-state index contributed by atoms with van der Waals surface area (Å²) in [4.78, 5) is 15.5. The third-order valence-corrected chi connectivity index (χ3v) is 7.93. The molecular weight excluding hydrogens is 490 g/mol. The highest BCUT2D eigenvalue weighted by atomic mass is 15.1. The number of nitrogens with zero attached hydrogens (tertiary/aromatic N) is 5. The van der Waals surface area contributed by atoms with Crippen molar-refractivity contribution in [3.63, 3.8) is 0 Å². The van der Waals surface area contributed by atoms with Crippen molar-refractivity contribution in [2.75, 3.05) is 0 Å². The van der Waals surface area contributed by atoms with Crippen LogP contribution in [0.2, 0.25) is 0 Å². The molecule has 9 rings (SSSR count). The van der Waals surface area contributed by atoms with Crippen molar-refractivity contribution in [1.29, 1.82) is 0 Å². The van der Waals surface area contributed by atoms with Crippen LogP contribution in [0.5, 0.6) is 0 Å². The Hall–Kier alpha value is -5.55. The summed E-state index contributed by atoms with van der Waals surface area (Å²) in [6.45, 7) is 0. The van der Waals surface area contributed by atoms with Crippen molar-refractivity contribution in [3.05, 3.63) is 128 Å². The van der Waals surface area contributed by atoms with E-state index in [9.17, 15) is 0 Å². The first-order chi connectivity index (χ1) is 19.9. The molecule has 0 N–H and O–H groups in total. The number of pyridine rings is 1. The minimum Gasteiger partial charge on any atom is -0.291 e. The minimum absolute atomic E-state index is 0.777. The fourth-order valence-electron chi connectivity index (χ4n) is 6.24. The largest absolute Gasteiger partial charge is 0.291 e. The highest BCUT2D eigenvalue weighted by Crippen LogP contribution is 2.40. The number of hydrogen-bond donors (Lipinski definition) is 0. The second-order valence-electron chi connectivity index (χ2n) is 10.1. The molecule has 0 aliphatic rings. The Morgan fingerprint density at radius 1 is 0.525 bits per heavy atom. The lowest BCUT2D eigenvalue weighted by Crippen LogP contribution is -2.05. The van der Waals surface area contributed by atoms with Gasteiger partial charge >= 0.3 is 0 Å². The number of hydrogen-bond acceptors (Lipinski definition) is 3. The van der Waals surface area contributed by atoms with Crippen LogP contribution < -0.4 is 0 Å². The van der Waals surface area contributed by atoms with Gasteiger partial charge in [-0.3, -0.25) is 8.97 Å². The van der Waals surface area contributed by atoms with E-state index in [0.29, 0.717) is 0 Å². The topological polar surface area (TPSA) is 48.0 Å². The van der Waals surface area contributed by atoms with Crippen LogP contribution in [0.25, 0.3) is 77.4 Å². The Morgan fingerprint density at radius 2 is 1.27 bits per heavy atom. The SMILES string of the molecule is c1ccc(-c2nc3ccccc3nc2-n2c3cccc4ccc5c6ccccc6n(c6ncccc62)c5c43)cc1. The standard InChI is InChI=1S/C35H21N5/c1-2-10-23(11-3-1)32-35(38-27-15-6-5-14-26(27)37-32)39-29-17-8-12-22-19-20-25-24-13-4-7-16-28(24)40(33(25)31(22)29)34-30(39)18-9-21-36-34/h1-21H. The molecule has 4 aromatic heterocycles. The molecule has 0 bridgehead atoms. The van der Waals surface area contributed by atoms with E-state index in [-0.39, 0.29) is 0 Å². The summed E-state index contributed by atoms with van der Waals surface area (Å²) in [7, 11) is 0. The first-order valence-electron chi connectivity index (χ1n) is 13.4. The Bertz CT molecular complexity index is 2420. The lowest BCUT2D eigenvalue weighted by atomic mass is 10.0. The molecule has 40 heavy (non-hydrogen) atoms. The van der Waals surface area contributed by atoms with E-state index in [0.717, 1.165) is 55.8 Å². The summed E-state index contributed by atoms with van der Waals surface area (Å²) in [5.74, 6) is 0.777. The van der Waals surface area contributed by atoms with E-state index in [1.54, 1.807) is 0 Å². The predicted octanol–water partition coefficient (Wildman–Crippen LogP) is 8.35. The maximum absolute atomic E-state index is 5.30. The molecule has 0 spiro atoms. The molecule has 0 unspecified atom stereocenters. The van der Waals surface area contributed by atoms with Gasteiger partial charge in [0.25, 0.3) is 0 Å². The number of rotatable bonds is 2. The van der Waals surface area contributed by atoms with E-state index in [1.165, 1.54) is 21.5 Å². The Labute approximate surface area is 228 Å². The summed E-state index contributed by atoms with van der Waals surface area (Å²) < 4.78 is 4.58. The van der Waals surface area contributed by atoms with Crippen LogP contribution in [0.1, 0.15) is 0 Å². The normalized spacial score (nSPS) is 12.0. The maximum atomic E-state index is 5.30. The van der Waals surface area contributed by atoms with Gasteiger partial charge in [-0.15, -0.1) is 0 Å². The van der Waals surface area contributed by atoms with Crippen molar-refractivity contribution < 1.29 is 0 Å². The van der Waals surface area contributed by atoms with Crippen LogP contribution >= 0.6 is 0 Å². The van der Waals surface area contributed by atoms with Crippen molar-refractivity contribution in [3.8, 4) is 17.1 Å². The average Bonchev–Trinajstić information content (AvgIpc) is 3.29. The molecule has 0 atom stereocenters. The average molecular weight is 512 g/mol. The summed E-state index contributed by atoms with van der Waals surface area (Å²) in [5, 5.41) is 4.77. The molecule has 186 valence electrons. The van der Waals surface area contributed by atoms with Gasteiger partial charge in [-0.25, -0.2) is 15.0 Å². The van der Waals surface area contributed by atoms with Gasteiger partial charge in [0.15, 0.2) is 11.5 Å². The molecule has 5 nitrogen and oxygen atoms in total. The quantitative estimate of drug-likeness (QED) is 0.234. The maximum Gasteiger partial charge on any atom is 0.165 e. The highest BCUT2D eigenvalue weighted by Gasteiger charge is 2.21. The number of fused-ring (bicyclic) bond motifs is 6. The van der Waals surface area contributed by atoms with E-state index in [2.05, 4.69) is 81.8 Å². The van der Waals surface area contributed by atoms with Crippen LogP contribution in [0.3, 0.4) is 0 Å². The van der Waals surface area contributed by atoms with Gasteiger partial charge in [0.2, 0.25) is 0 Å². The number of para-hydroxylation sites is 3. The molecule has 5 heteroatoms. The van der Waals surface area contributed by atoms with Gasteiger partial charge in [-0.05, 0) is 41.8 Å². The summed E-state index contributed by atoms with van der Waals surface area (Å²) >= 11 is 0. The molecule has 0 saturated carbocycles. The zero-order chi connectivity index (χ0) is 26.2. The van der Waals surface area contributed by atoms with Crippen LogP contribution in [-0.4, -0.2) is 23.9 Å². The summed E-state index contributed by atoms with van der Waals surface area (Å²) in [6, 6.07) is 42.1. The Kier molecular flexibility index (Phi) is 4.27. The van der Waals surface area contributed by atoms with Gasteiger partial charge in [0, 0.05) is 27.9 Å². The van der Waals surface area contributed by atoms with Crippen molar-refractivity contribution in [2.45, 2.75) is 0 Å². The minimum atomic E-state index is 0.777. The molecule has 0 fully saturated rings. The molecule has 0 aliphatic heterocycles. The molecule has 0 aliphatic carbocycles. The van der Waals surface area contributed by atoms with Gasteiger partial charge in [-0.1, -0.05) is 84.9 Å². The predicted molar refractivity (Wildman–Crippen MR) is 163 cm³/mol. The van der Waals surface area contributed by atoms with E-state index in [4.69, 9.17) is 15.0 Å². The molecule has 9 aromatic rings. The lowest BCUT2D eigenvalue weighted by Gasteiger charge is -2.16. The van der Waals surface area contributed by atoms with Crippen molar-refractivity contribution in [2.24, 2.45) is 0 Å². The van der Waals surface area contributed by atoms with Crippen LogP contribution in [-0.2, 0) is 0 Å². The fourth-order valence-corrected chi connectivity index (χ4v) is 6.24. The Balaban J connectivity index is 1.60. The first-order valence-corrected chi connectivity index (χ1v) is 13.4. The molecule has 0 saturated heterocycles. The second-order valence-corrected chi connectivity index (χ2v) is 10.1. The molecule has 0 amide bonds. The fraction of sp³-hybridized carbons (Fsp3) is 0. The highest BCUT2D eigenvalue weighted by molar-refractivity contribution is 6.23. The van der Waals surface area contributed by atoms with E-state index >= 15 is 0 Å². The zero-order valence-corrected chi connectivity index (χ0v) is 21.4. The van der Waals surface area contributed by atoms with Crippen molar-refractivity contribution >= 4 is 60.3 Å². The van der Waals surface area contributed by atoms with Gasteiger partial charge in [0.05, 0.1) is 33.1 Å². The van der Waals surface area contributed by atoms with Gasteiger partial charge in [0.1, 0.15) is 5.69 Å². The zero-order valence-electron chi connectivity index (χ0n) is 21.4. The third-order valence-electron chi connectivity index (χ3n) is 7.93. The second kappa shape index (κ2) is 7.98. The van der Waals surface area contributed by atoms with Crippen LogP contribution in [0.15, 0.2) is 128 Å². The smallest absolute Gasteiger partial charge is 0.165 e. The van der Waals surface area contributed by atoms with Gasteiger partial charge in [-0.2, -0.15) is 0 Å². The van der Waals surface area contributed by atoms with Crippen molar-refractivity contribution in [1.82, 2.24) is 23.9 Å². The molecular formula is C35H21N5. The third kappa shape index (κ3) is 2.83. The molecule has 4 heterocycles. The molecule has 0 radical (unpaired) electrons. The van der Waals surface area contributed by atoms with E-state index in [1.807, 2.05) is 54.7 Å². The number of aromatic nitrogens is 5. The number of benzene rings is 5. The first kappa shape index (κ1) is 21.4. The summed E-state index contributed by atoms with van der Waals surface area (Å²) in [6.07, 6.45) is 1.87. The summed E-state index contributed by atoms with van der Waals surface area (Å²) in [5.41, 5.74) is 8.73.